The zero-order chi connectivity index (χ0) is 14.2. The molecule has 1 aromatic heterocycles. The minimum Gasteiger partial charge on any atom is -0.361 e. The van der Waals surface area contributed by atoms with Crippen LogP contribution in [0.25, 0.3) is 10.9 Å². The molecular formula is C15H20N2O2S. The molecular weight excluding hydrogens is 272 g/mol. The highest BCUT2D eigenvalue weighted by molar-refractivity contribution is 7.89. The number of aromatic nitrogens is 1. The lowest BCUT2D eigenvalue weighted by molar-refractivity contribution is 0.490. The van der Waals surface area contributed by atoms with E-state index in [2.05, 4.69) is 16.6 Å². The summed E-state index contributed by atoms with van der Waals surface area (Å²) < 4.78 is 27.1. The van der Waals surface area contributed by atoms with Crippen molar-refractivity contribution in [3.63, 3.8) is 0 Å². The molecule has 2 N–H and O–H groups in total. The maximum Gasteiger partial charge on any atom is 0.240 e. The topological polar surface area (TPSA) is 62.0 Å². The monoisotopic (exact) mass is 292 g/mol. The summed E-state index contributed by atoms with van der Waals surface area (Å²) in [4.78, 5) is 3.36. The van der Waals surface area contributed by atoms with Gasteiger partial charge < -0.3 is 4.98 Å². The molecule has 5 heteroatoms. The average molecular weight is 292 g/mol. The summed E-state index contributed by atoms with van der Waals surface area (Å²) in [5.41, 5.74) is 1.33. The molecule has 0 saturated heterocycles. The standard InChI is InChI=1S/C15H20N2O2S/c1-15(7-8-15)6-2-9-17-20(18,19)13-4-3-12-5-10-16-14(12)11-13/h3-5,10-11,16-17H,2,6-9H2,1H3. The lowest BCUT2D eigenvalue weighted by Crippen LogP contribution is -2.25. The summed E-state index contributed by atoms with van der Waals surface area (Å²) in [6, 6.07) is 7.09. The first-order chi connectivity index (χ1) is 9.49. The Hall–Kier alpha value is -1.33. The summed E-state index contributed by atoms with van der Waals surface area (Å²) in [5, 5.41) is 1.02. The molecule has 0 spiro atoms. The third-order valence-electron chi connectivity index (χ3n) is 4.19. The van der Waals surface area contributed by atoms with Crippen LogP contribution in [0.4, 0.5) is 0 Å². The number of sulfonamides is 1. The molecule has 1 fully saturated rings. The lowest BCUT2D eigenvalue weighted by atomic mass is 10.0. The van der Waals surface area contributed by atoms with Gasteiger partial charge in [-0.3, -0.25) is 0 Å². The van der Waals surface area contributed by atoms with Crippen molar-refractivity contribution in [1.82, 2.24) is 9.71 Å². The van der Waals surface area contributed by atoms with Crippen LogP contribution >= 0.6 is 0 Å². The Morgan fingerprint density at radius 3 is 2.85 bits per heavy atom. The van der Waals surface area contributed by atoms with Crippen molar-refractivity contribution in [2.45, 2.75) is 37.5 Å². The molecule has 1 aromatic carbocycles. The van der Waals surface area contributed by atoms with Crippen molar-refractivity contribution in [1.29, 1.82) is 0 Å². The zero-order valence-corrected chi connectivity index (χ0v) is 12.5. The largest absolute Gasteiger partial charge is 0.361 e. The van der Waals surface area contributed by atoms with Gasteiger partial charge in [-0.15, -0.1) is 0 Å². The van der Waals surface area contributed by atoms with Crippen molar-refractivity contribution >= 4 is 20.9 Å². The van der Waals surface area contributed by atoms with Gasteiger partial charge in [0.05, 0.1) is 4.90 Å². The van der Waals surface area contributed by atoms with Gasteiger partial charge in [0.2, 0.25) is 10.0 Å². The molecule has 1 saturated carbocycles. The number of hydrogen-bond donors (Lipinski definition) is 2. The van der Waals surface area contributed by atoms with Gasteiger partial charge in [-0.05, 0) is 54.7 Å². The number of hydrogen-bond acceptors (Lipinski definition) is 2. The average Bonchev–Trinajstić information content (AvgIpc) is 2.97. The minimum absolute atomic E-state index is 0.324. The smallest absolute Gasteiger partial charge is 0.240 e. The van der Waals surface area contributed by atoms with E-state index < -0.39 is 10.0 Å². The normalized spacial score (nSPS) is 17.4. The second-order valence-electron chi connectivity index (χ2n) is 6.04. The summed E-state index contributed by atoms with van der Waals surface area (Å²) >= 11 is 0. The Balaban J connectivity index is 1.64. The van der Waals surface area contributed by atoms with Gasteiger partial charge in [-0.25, -0.2) is 13.1 Å². The molecule has 1 aliphatic carbocycles. The molecule has 20 heavy (non-hydrogen) atoms. The molecule has 3 rings (SSSR count). The Bertz CT molecular complexity index is 714. The highest BCUT2D eigenvalue weighted by atomic mass is 32.2. The van der Waals surface area contributed by atoms with Crippen LogP contribution in [0.2, 0.25) is 0 Å². The molecule has 2 aromatic rings. The van der Waals surface area contributed by atoms with Crippen molar-refractivity contribution in [2.24, 2.45) is 5.41 Å². The van der Waals surface area contributed by atoms with Crippen LogP contribution in [0.1, 0.15) is 32.6 Å². The van der Waals surface area contributed by atoms with E-state index in [0.717, 1.165) is 23.7 Å². The lowest BCUT2D eigenvalue weighted by Gasteiger charge is -2.09. The fourth-order valence-corrected chi connectivity index (χ4v) is 3.56. The molecule has 0 amide bonds. The van der Waals surface area contributed by atoms with Crippen LogP contribution in [-0.4, -0.2) is 19.9 Å². The molecule has 108 valence electrons. The van der Waals surface area contributed by atoms with E-state index in [1.54, 1.807) is 12.1 Å². The molecule has 0 unspecified atom stereocenters. The highest BCUT2D eigenvalue weighted by Crippen LogP contribution is 2.48. The first kappa shape index (κ1) is 13.6. The fraction of sp³-hybridized carbons (Fsp3) is 0.467. The molecule has 1 aliphatic rings. The Labute approximate surface area is 119 Å². The number of H-pyrrole nitrogens is 1. The Morgan fingerprint density at radius 1 is 1.30 bits per heavy atom. The summed E-state index contributed by atoms with van der Waals surface area (Å²) in [6.45, 7) is 2.78. The van der Waals surface area contributed by atoms with E-state index in [-0.39, 0.29) is 0 Å². The van der Waals surface area contributed by atoms with E-state index in [0.29, 0.717) is 16.9 Å². The first-order valence-electron chi connectivity index (χ1n) is 7.05. The minimum atomic E-state index is -3.40. The predicted octanol–water partition coefficient (Wildman–Crippen LogP) is 3.03. The Morgan fingerprint density at radius 2 is 2.10 bits per heavy atom. The van der Waals surface area contributed by atoms with E-state index in [4.69, 9.17) is 0 Å². The quantitative estimate of drug-likeness (QED) is 0.804. The number of aromatic amines is 1. The molecule has 0 aliphatic heterocycles. The SMILES string of the molecule is CC1(CCCNS(=O)(=O)c2ccc3cc[nH]c3c2)CC1. The molecule has 0 radical (unpaired) electrons. The van der Waals surface area contributed by atoms with Gasteiger partial charge in [-0.2, -0.15) is 0 Å². The highest BCUT2D eigenvalue weighted by Gasteiger charge is 2.36. The summed E-state index contributed by atoms with van der Waals surface area (Å²) in [6.07, 6.45) is 6.38. The van der Waals surface area contributed by atoms with Crippen molar-refractivity contribution in [3.05, 3.63) is 30.5 Å². The second-order valence-corrected chi connectivity index (χ2v) is 7.81. The third kappa shape index (κ3) is 2.88. The van der Waals surface area contributed by atoms with Gasteiger partial charge in [0, 0.05) is 18.3 Å². The van der Waals surface area contributed by atoms with Crippen LogP contribution < -0.4 is 4.72 Å². The van der Waals surface area contributed by atoms with Crippen molar-refractivity contribution in [2.75, 3.05) is 6.54 Å². The van der Waals surface area contributed by atoms with E-state index in [9.17, 15) is 8.42 Å². The predicted molar refractivity (Wildman–Crippen MR) is 80.1 cm³/mol. The first-order valence-corrected chi connectivity index (χ1v) is 8.54. The fourth-order valence-electron chi connectivity index (χ4n) is 2.46. The maximum atomic E-state index is 12.2. The number of rotatable bonds is 6. The van der Waals surface area contributed by atoms with E-state index in [1.807, 2.05) is 18.3 Å². The molecule has 1 heterocycles. The Kier molecular flexibility index (Phi) is 3.34. The van der Waals surface area contributed by atoms with Gasteiger partial charge in [-0.1, -0.05) is 13.0 Å². The van der Waals surface area contributed by atoms with Crippen molar-refractivity contribution < 1.29 is 8.42 Å². The third-order valence-corrected chi connectivity index (χ3v) is 5.65. The van der Waals surface area contributed by atoms with Gasteiger partial charge in [0.15, 0.2) is 0 Å². The molecule has 0 bridgehead atoms. The van der Waals surface area contributed by atoms with E-state index >= 15 is 0 Å². The second kappa shape index (κ2) is 4.90. The van der Waals surface area contributed by atoms with E-state index in [1.165, 1.54) is 12.8 Å². The van der Waals surface area contributed by atoms with Crippen LogP contribution in [0, 0.1) is 5.41 Å². The van der Waals surface area contributed by atoms with Gasteiger partial charge >= 0.3 is 0 Å². The maximum absolute atomic E-state index is 12.2. The van der Waals surface area contributed by atoms with Crippen LogP contribution in [0.3, 0.4) is 0 Å². The number of fused-ring (bicyclic) bond motifs is 1. The van der Waals surface area contributed by atoms with Crippen LogP contribution in [0.5, 0.6) is 0 Å². The van der Waals surface area contributed by atoms with Crippen LogP contribution in [0.15, 0.2) is 35.4 Å². The molecule has 4 nitrogen and oxygen atoms in total. The van der Waals surface area contributed by atoms with Crippen molar-refractivity contribution in [3.8, 4) is 0 Å². The summed E-state index contributed by atoms with van der Waals surface area (Å²) in [7, 11) is -3.40. The number of benzene rings is 1. The van der Waals surface area contributed by atoms with Gasteiger partial charge in [0.1, 0.15) is 0 Å². The molecule has 0 atom stereocenters. The summed E-state index contributed by atoms with van der Waals surface area (Å²) in [5.74, 6) is 0. The van der Waals surface area contributed by atoms with Crippen LogP contribution in [-0.2, 0) is 10.0 Å². The zero-order valence-electron chi connectivity index (χ0n) is 11.6. The number of nitrogens with one attached hydrogen (secondary N) is 2. The van der Waals surface area contributed by atoms with Gasteiger partial charge in [0.25, 0.3) is 0 Å².